The van der Waals surface area contributed by atoms with Crippen LogP contribution in [0.3, 0.4) is 0 Å². The van der Waals surface area contributed by atoms with Crippen molar-refractivity contribution in [3.05, 3.63) is 48.0 Å². The van der Waals surface area contributed by atoms with Crippen LogP contribution in [0, 0.1) is 11.3 Å². The van der Waals surface area contributed by atoms with E-state index >= 15 is 0 Å². The molecule has 4 heteroatoms. The first-order chi connectivity index (χ1) is 10.2. The second kappa shape index (κ2) is 5.37. The zero-order chi connectivity index (χ0) is 14.8. The number of fused-ring (bicyclic) bond motifs is 1. The summed E-state index contributed by atoms with van der Waals surface area (Å²) in [4.78, 5) is 4.43. The van der Waals surface area contributed by atoms with Gasteiger partial charge in [0.05, 0.1) is 29.7 Å². The summed E-state index contributed by atoms with van der Waals surface area (Å²) >= 11 is 0. The van der Waals surface area contributed by atoms with Gasteiger partial charge in [0.15, 0.2) is 0 Å². The molecule has 0 spiro atoms. The molecule has 0 atom stereocenters. The predicted molar refractivity (Wildman–Crippen MR) is 84.4 cm³/mol. The van der Waals surface area contributed by atoms with E-state index in [1.54, 1.807) is 7.11 Å². The molecule has 0 amide bonds. The maximum atomic E-state index is 9.38. The lowest BCUT2D eigenvalue weighted by molar-refractivity contribution is 0.415. The minimum Gasteiger partial charge on any atom is -0.497 e. The van der Waals surface area contributed by atoms with Gasteiger partial charge in [0.1, 0.15) is 11.8 Å². The summed E-state index contributed by atoms with van der Waals surface area (Å²) in [6.45, 7) is 1.76. The lowest BCUT2D eigenvalue weighted by atomic mass is 10.1. The van der Waals surface area contributed by atoms with Crippen molar-refractivity contribution >= 4 is 17.1 Å². The molecule has 106 valence electrons. The number of benzene rings is 2. The zero-order valence-electron chi connectivity index (χ0n) is 12.2. The summed E-state index contributed by atoms with van der Waals surface area (Å²) in [6.07, 6.45) is 0. The Balaban J connectivity index is 2.14. The molecule has 2 aromatic rings. The smallest absolute Gasteiger partial charge is 0.121 e. The van der Waals surface area contributed by atoms with E-state index in [0.29, 0.717) is 5.56 Å². The number of ether oxygens (including phenoxy) is 1. The molecule has 2 aromatic carbocycles. The fourth-order valence-electron chi connectivity index (χ4n) is 2.71. The monoisotopic (exact) mass is 279 g/mol. The normalized spacial score (nSPS) is 13.6. The van der Waals surface area contributed by atoms with Crippen LogP contribution in [0.5, 0.6) is 5.75 Å². The Kier molecular flexibility index (Phi) is 3.41. The van der Waals surface area contributed by atoms with Crippen molar-refractivity contribution in [2.75, 3.05) is 37.0 Å². The highest BCUT2D eigenvalue weighted by atomic mass is 16.5. The summed E-state index contributed by atoms with van der Waals surface area (Å²) in [5.41, 5.74) is 3.86. The van der Waals surface area contributed by atoms with Crippen LogP contribution in [0.4, 0.5) is 17.1 Å². The fraction of sp³-hybridized carbons (Fsp3) is 0.235. The van der Waals surface area contributed by atoms with E-state index in [4.69, 9.17) is 4.74 Å². The van der Waals surface area contributed by atoms with Crippen molar-refractivity contribution in [1.82, 2.24) is 0 Å². The zero-order valence-corrected chi connectivity index (χ0v) is 12.2. The van der Waals surface area contributed by atoms with Crippen molar-refractivity contribution in [2.24, 2.45) is 0 Å². The molecule has 0 aliphatic carbocycles. The third-order valence-electron chi connectivity index (χ3n) is 3.86. The number of likely N-dealkylation sites (N-methyl/N-ethyl adjacent to an activating group) is 1. The highest BCUT2D eigenvalue weighted by molar-refractivity contribution is 5.81. The Morgan fingerprint density at radius 2 is 1.81 bits per heavy atom. The standard InChI is InChI=1S/C17H17N3O/c1-19-9-10-20(16-6-4-3-5-15(16)19)17-11-14(21-2)8-7-13(17)12-18/h3-8,11H,9-10H2,1-2H3. The molecule has 0 N–H and O–H groups in total. The van der Waals surface area contributed by atoms with E-state index in [1.807, 2.05) is 30.3 Å². The topological polar surface area (TPSA) is 39.5 Å². The highest BCUT2D eigenvalue weighted by Crippen LogP contribution is 2.39. The molecule has 1 aliphatic heterocycles. The van der Waals surface area contributed by atoms with E-state index in [-0.39, 0.29) is 0 Å². The minimum absolute atomic E-state index is 0.662. The number of methoxy groups -OCH3 is 1. The molecule has 0 fully saturated rings. The van der Waals surface area contributed by atoms with Crippen LogP contribution >= 0.6 is 0 Å². The van der Waals surface area contributed by atoms with Gasteiger partial charge in [-0.2, -0.15) is 5.26 Å². The van der Waals surface area contributed by atoms with E-state index in [2.05, 4.69) is 35.0 Å². The van der Waals surface area contributed by atoms with Gasteiger partial charge in [0.2, 0.25) is 0 Å². The predicted octanol–water partition coefficient (Wildman–Crippen LogP) is 3.15. The molecule has 0 saturated heterocycles. The van der Waals surface area contributed by atoms with Gasteiger partial charge in [-0.3, -0.25) is 0 Å². The van der Waals surface area contributed by atoms with Crippen LogP contribution in [-0.2, 0) is 0 Å². The fourth-order valence-corrected chi connectivity index (χ4v) is 2.71. The van der Waals surface area contributed by atoms with Crippen molar-refractivity contribution in [1.29, 1.82) is 5.26 Å². The highest BCUT2D eigenvalue weighted by Gasteiger charge is 2.23. The van der Waals surface area contributed by atoms with Gasteiger partial charge in [0.25, 0.3) is 0 Å². The minimum atomic E-state index is 0.662. The van der Waals surface area contributed by atoms with Crippen molar-refractivity contribution < 1.29 is 4.74 Å². The lowest BCUT2D eigenvalue weighted by Crippen LogP contribution is -2.36. The molecule has 0 bridgehead atoms. The Hall–Kier alpha value is -2.67. The molecular formula is C17H17N3O. The quantitative estimate of drug-likeness (QED) is 0.846. The number of nitriles is 1. The Morgan fingerprint density at radius 3 is 2.52 bits per heavy atom. The number of nitrogens with zero attached hydrogens (tertiary/aromatic N) is 3. The third-order valence-corrected chi connectivity index (χ3v) is 3.86. The summed E-state index contributed by atoms with van der Waals surface area (Å²) < 4.78 is 5.31. The maximum Gasteiger partial charge on any atom is 0.121 e. The number of rotatable bonds is 2. The lowest BCUT2D eigenvalue weighted by Gasteiger charge is -2.37. The molecule has 21 heavy (non-hydrogen) atoms. The molecule has 1 heterocycles. The van der Waals surface area contributed by atoms with E-state index in [0.717, 1.165) is 30.2 Å². The molecule has 0 aromatic heterocycles. The Morgan fingerprint density at radius 1 is 1.05 bits per heavy atom. The molecule has 0 unspecified atom stereocenters. The second-order valence-electron chi connectivity index (χ2n) is 5.06. The molecule has 0 radical (unpaired) electrons. The maximum absolute atomic E-state index is 9.38. The SMILES string of the molecule is COc1ccc(C#N)c(N2CCN(C)c3ccccc32)c1. The van der Waals surface area contributed by atoms with Crippen LogP contribution in [0.1, 0.15) is 5.56 Å². The van der Waals surface area contributed by atoms with Gasteiger partial charge in [0, 0.05) is 26.2 Å². The van der Waals surface area contributed by atoms with Gasteiger partial charge >= 0.3 is 0 Å². The first-order valence-corrected chi connectivity index (χ1v) is 6.90. The summed E-state index contributed by atoms with van der Waals surface area (Å²) in [5.74, 6) is 0.764. The van der Waals surface area contributed by atoms with Crippen LogP contribution in [0.2, 0.25) is 0 Å². The van der Waals surface area contributed by atoms with Gasteiger partial charge in [-0.25, -0.2) is 0 Å². The van der Waals surface area contributed by atoms with Crippen molar-refractivity contribution in [3.8, 4) is 11.8 Å². The van der Waals surface area contributed by atoms with Crippen molar-refractivity contribution in [3.63, 3.8) is 0 Å². The number of para-hydroxylation sites is 2. The summed E-state index contributed by atoms with van der Waals surface area (Å²) in [6, 6.07) is 16.1. The molecular weight excluding hydrogens is 262 g/mol. The first kappa shape index (κ1) is 13.3. The average Bonchev–Trinajstić information content (AvgIpc) is 2.55. The van der Waals surface area contributed by atoms with E-state index < -0.39 is 0 Å². The summed E-state index contributed by atoms with van der Waals surface area (Å²) in [7, 11) is 3.73. The van der Waals surface area contributed by atoms with Crippen LogP contribution in [-0.4, -0.2) is 27.2 Å². The van der Waals surface area contributed by atoms with Gasteiger partial charge < -0.3 is 14.5 Å². The average molecular weight is 279 g/mol. The van der Waals surface area contributed by atoms with E-state index in [1.165, 1.54) is 5.69 Å². The van der Waals surface area contributed by atoms with Crippen LogP contribution in [0.25, 0.3) is 0 Å². The van der Waals surface area contributed by atoms with E-state index in [9.17, 15) is 5.26 Å². The number of hydrogen-bond donors (Lipinski definition) is 0. The van der Waals surface area contributed by atoms with Crippen LogP contribution < -0.4 is 14.5 Å². The third kappa shape index (κ3) is 2.27. The first-order valence-electron chi connectivity index (χ1n) is 6.90. The molecule has 3 rings (SSSR count). The van der Waals surface area contributed by atoms with Gasteiger partial charge in [-0.1, -0.05) is 12.1 Å². The van der Waals surface area contributed by atoms with Gasteiger partial charge in [-0.15, -0.1) is 0 Å². The molecule has 1 aliphatic rings. The second-order valence-corrected chi connectivity index (χ2v) is 5.06. The summed E-state index contributed by atoms with van der Waals surface area (Å²) in [5, 5.41) is 9.38. The van der Waals surface area contributed by atoms with Gasteiger partial charge in [-0.05, 0) is 24.3 Å². The number of anilines is 3. The largest absolute Gasteiger partial charge is 0.497 e. The molecule has 0 saturated carbocycles. The van der Waals surface area contributed by atoms with Crippen LogP contribution in [0.15, 0.2) is 42.5 Å². The van der Waals surface area contributed by atoms with Crippen molar-refractivity contribution in [2.45, 2.75) is 0 Å². The number of hydrogen-bond acceptors (Lipinski definition) is 4. The Bertz CT molecular complexity index is 705. The Labute approximate surface area is 124 Å². The molecule has 4 nitrogen and oxygen atoms in total.